The smallest absolute Gasteiger partial charge is 0.292 e. The summed E-state index contributed by atoms with van der Waals surface area (Å²) in [6, 6.07) is 6.42. The molecule has 10 heteroatoms. The molecule has 1 heterocycles. The van der Waals surface area contributed by atoms with Crippen LogP contribution in [0.1, 0.15) is 32.6 Å². The van der Waals surface area contributed by atoms with Crippen molar-refractivity contribution in [1.29, 1.82) is 0 Å². The molecule has 9 nitrogen and oxygen atoms in total. The van der Waals surface area contributed by atoms with E-state index in [1.165, 1.54) is 11.0 Å². The fourth-order valence-electron chi connectivity index (χ4n) is 4.01. The van der Waals surface area contributed by atoms with Gasteiger partial charge in [0.15, 0.2) is 0 Å². The fourth-order valence-corrected chi connectivity index (χ4v) is 5.34. The van der Waals surface area contributed by atoms with E-state index in [2.05, 4.69) is 11.6 Å². The third kappa shape index (κ3) is 5.66. The van der Waals surface area contributed by atoms with Gasteiger partial charge in [-0.3, -0.25) is 14.9 Å². The number of benzene rings is 1. The highest BCUT2D eigenvalue weighted by Crippen LogP contribution is 2.28. The lowest BCUT2D eigenvalue weighted by atomic mass is 9.88. The number of hydrogen-bond donors (Lipinski definition) is 1. The molecule has 0 bridgehead atoms. The Balaban J connectivity index is 1.53. The van der Waals surface area contributed by atoms with Crippen LogP contribution in [-0.2, 0) is 14.8 Å². The summed E-state index contributed by atoms with van der Waals surface area (Å²) in [5.41, 5.74) is 0.547. The molecule has 3 rings (SSSR count). The molecule has 1 aromatic rings. The van der Waals surface area contributed by atoms with E-state index in [0.29, 0.717) is 37.8 Å². The lowest BCUT2D eigenvalue weighted by Crippen LogP contribution is -2.51. The van der Waals surface area contributed by atoms with Crippen LogP contribution < -0.4 is 9.62 Å². The first-order valence-corrected chi connectivity index (χ1v) is 11.7. The van der Waals surface area contributed by atoms with Crippen LogP contribution in [0.5, 0.6) is 0 Å². The molecule has 1 N–H and O–H groups in total. The van der Waals surface area contributed by atoms with Crippen LogP contribution in [0.4, 0.5) is 11.4 Å². The largest absolute Gasteiger partial charge is 0.362 e. The number of amides is 1. The molecule has 0 spiro atoms. The van der Waals surface area contributed by atoms with Crippen molar-refractivity contribution in [2.75, 3.05) is 36.8 Å². The molecule has 2 fully saturated rings. The summed E-state index contributed by atoms with van der Waals surface area (Å²) in [4.78, 5) is 26.7. The Bertz CT molecular complexity index is 844. The molecular formula is C19H28N4O5S. The zero-order chi connectivity index (χ0) is 21.0. The molecule has 1 saturated carbocycles. The number of nitro groups is 1. The molecule has 1 aliphatic carbocycles. The van der Waals surface area contributed by atoms with Crippen molar-refractivity contribution in [3.63, 3.8) is 0 Å². The standard InChI is InChI=1S/C19H28N4O5S/c1-15-6-8-16(9-7-15)20-29(27,28)14-19(24)22-12-10-21(11-13-22)17-4-2-3-5-18(17)23(25)26/h2-5,15-16,20H,6-14H2,1H3. The van der Waals surface area contributed by atoms with Gasteiger partial charge in [0.05, 0.1) is 4.92 Å². The van der Waals surface area contributed by atoms with E-state index in [-0.39, 0.29) is 11.7 Å². The highest BCUT2D eigenvalue weighted by molar-refractivity contribution is 7.90. The quantitative estimate of drug-likeness (QED) is 0.550. The first-order valence-electron chi connectivity index (χ1n) is 10.0. The Morgan fingerprint density at radius 2 is 1.76 bits per heavy atom. The number of para-hydroxylation sites is 2. The number of nitro benzene ring substituents is 1. The number of piperazine rings is 1. The molecule has 160 valence electrons. The van der Waals surface area contributed by atoms with Crippen LogP contribution in [0.25, 0.3) is 0 Å². The number of nitrogens with one attached hydrogen (secondary N) is 1. The lowest BCUT2D eigenvalue weighted by Gasteiger charge is -2.36. The van der Waals surface area contributed by atoms with E-state index < -0.39 is 26.6 Å². The Hall–Kier alpha value is -2.20. The summed E-state index contributed by atoms with van der Waals surface area (Å²) in [7, 11) is -3.68. The van der Waals surface area contributed by atoms with Crippen molar-refractivity contribution in [2.45, 2.75) is 38.6 Å². The maximum atomic E-state index is 12.5. The summed E-state index contributed by atoms with van der Waals surface area (Å²) >= 11 is 0. The Labute approximate surface area is 171 Å². The normalized spacial score (nSPS) is 23.1. The molecule has 1 aromatic carbocycles. The van der Waals surface area contributed by atoms with Crippen molar-refractivity contribution in [1.82, 2.24) is 9.62 Å². The van der Waals surface area contributed by atoms with Gasteiger partial charge in [0, 0.05) is 38.3 Å². The summed E-state index contributed by atoms with van der Waals surface area (Å²) in [6.45, 7) is 3.68. The predicted octanol–water partition coefficient (Wildman–Crippen LogP) is 1.74. The van der Waals surface area contributed by atoms with Gasteiger partial charge < -0.3 is 9.80 Å². The Morgan fingerprint density at radius 1 is 1.14 bits per heavy atom. The number of sulfonamides is 1. The van der Waals surface area contributed by atoms with Crippen LogP contribution in [0.2, 0.25) is 0 Å². The van der Waals surface area contributed by atoms with Crippen molar-refractivity contribution in [3.05, 3.63) is 34.4 Å². The van der Waals surface area contributed by atoms with Crippen LogP contribution >= 0.6 is 0 Å². The van der Waals surface area contributed by atoms with E-state index >= 15 is 0 Å². The second-order valence-electron chi connectivity index (χ2n) is 7.95. The zero-order valence-corrected chi connectivity index (χ0v) is 17.4. The molecule has 0 radical (unpaired) electrons. The minimum absolute atomic E-state index is 0.0286. The van der Waals surface area contributed by atoms with Gasteiger partial charge in [0.2, 0.25) is 15.9 Å². The topological polar surface area (TPSA) is 113 Å². The molecule has 1 saturated heterocycles. The van der Waals surface area contributed by atoms with Gasteiger partial charge in [0.25, 0.3) is 5.69 Å². The molecule has 29 heavy (non-hydrogen) atoms. The van der Waals surface area contributed by atoms with E-state index in [9.17, 15) is 23.3 Å². The molecule has 2 aliphatic rings. The van der Waals surface area contributed by atoms with Crippen molar-refractivity contribution >= 4 is 27.3 Å². The average Bonchev–Trinajstić information content (AvgIpc) is 2.69. The molecule has 1 amide bonds. The van der Waals surface area contributed by atoms with Gasteiger partial charge >= 0.3 is 0 Å². The number of anilines is 1. The zero-order valence-electron chi connectivity index (χ0n) is 16.6. The molecular weight excluding hydrogens is 396 g/mol. The van der Waals surface area contributed by atoms with Crippen molar-refractivity contribution < 1.29 is 18.1 Å². The first kappa shape index (κ1) is 21.5. The summed E-state index contributed by atoms with van der Waals surface area (Å²) in [5.74, 6) is -0.358. The number of rotatable bonds is 6. The SMILES string of the molecule is CC1CCC(NS(=O)(=O)CC(=O)N2CCN(c3ccccc3[N+](=O)[O-])CC2)CC1. The van der Waals surface area contributed by atoms with E-state index in [0.717, 1.165) is 25.7 Å². The third-order valence-electron chi connectivity index (χ3n) is 5.73. The monoisotopic (exact) mass is 424 g/mol. The highest BCUT2D eigenvalue weighted by Gasteiger charge is 2.29. The first-order chi connectivity index (χ1) is 13.7. The third-order valence-corrected chi connectivity index (χ3v) is 7.05. The van der Waals surface area contributed by atoms with Gasteiger partial charge in [-0.05, 0) is 37.7 Å². The van der Waals surface area contributed by atoms with Crippen LogP contribution in [0.3, 0.4) is 0 Å². The van der Waals surface area contributed by atoms with Gasteiger partial charge in [-0.2, -0.15) is 0 Å². The average molecular weight is 425 g/mol. The highest BCUT2D eigenvalue weighted by atomic mass is 32.2. The van der Waals surface area contributed by atoms with E-state index in [4.69, 9.17) is 0 Å². The molecule has 0 atom stereocenters. The Kier molecular flexibility index (Phi) is 6.74. The van der Waals surface area contributed by atoms with Gasteiger partial charge in [-0.1, -0.05) is 19.1 Å². The maximum Gasteiger partial charge on any atom is 0.292 e. The van der Waals surface area contributed by atoms with E-state index in [1.807, 2.05) is 4.90 Å². The van der Waals surface area contributed by atoms with Crippen molar-refractivity contribution in [2.24, 2.45) is 5.92 Å². The second-order valence-corrected chi connectivity index (χ2v) is 9.70. The van der Waals surface area contributed by atoms with Gasteiger partial charge in [-0.15, -0.1) is 0 Å². The number of hydrogen-bond acceptors (Lipinski definition) is 6. The summed E-state index contributed by atoms with van der Waals surface area (Å²) in [6.07, 6.45) is 3.61. The number of carbonyl (C=O) groups excluding carboxylic acids is 1. The molecule has 1 aliphatic heterocycles. The summed E-state index contributed by atoms with van der Waals surface area (Å²) in [5, 5.41) is 11.2. The second kappa shape index (κ2) is 9.08. The van der Waals surface area contributed by atoms with Crippen molar-refractivity contribution in [3.8, 4) is 0 Å². The maximum absolute atomic E-state index is 12.5. The van der Waals surface area contributed by atoms with Gasteiger partial charge in [-0.25, -0.2) is 13.1 Å². The number of carbonyl (C=O) groups is 1. The minimum Gasteiger partial charge on any atom is -0.362 e. The van der Waals surface area contributed by atoms with Gasteiger partial charge in [0.1, 0.15) is 11.4 Å². The minimum atomic E-state index is -3.68. The van der Waals surface area contributed by atoms with Crippen LogP contribution in [0, 0.1) is 16.0 Å². The van der Waals surface area contributed by atoms with Crippen LogP contribution in [0.15, 0.2) is 24.3 Å². The Morgan fingerprint density at radius 3 is 2.38 bits per heavy atom. The number of nitrogens with zero attached hydrogens (tertiary/aromatic N) is 3. The lowest BCUT2D eigenvalue weighted by molar-refractivity contribution is -0.384. The fraction of sp³-hybridized carbons (Fsp3) is 0.632. The molecule has 0 aromatic heterocycles. The van der Waals surface area contributed by atoms with E-state index in [1.54, 1.807) is 18.2 Å². The summed E-state index contributed by atoms with van der Waals surface area (Å²) < 4.78 is 27.5. The molecule has 0 unspecified atom stereocenters. The predicted molar refractivity (Wildman–Crippen MR) is 110 cm³/mol. The van der Waals surface area contributed by atoms with Crippen LogP contribution in [-0.4, -0.2) is 62.1 Å².